The Morgan fingerprint density at radius 1 is 1.17 bits per heavy atom. The van der Waals surface area contributed by atoms with E-state index in [1.54, 1.807) is 0 Å². The molecule has 0 unspecified atom stereocenters. The Balaban J connectivity index is 1.52. The summed E-state index contributed by atoms with van der Waals surface area (Å²) in [7, 11) is 0. The lowest BCUT2D eigenvalue weighted by atomic mass is 10.1. The fourth-order valence-electron chi connectivity index (χ4n) is 3.24. The highest BCUT2D eigenvalue weighted by Gasteiger charge is 2.19. The zero-order valence-electron chi connectivity index (χ0n) is 13.5. The molecule has 2 N–H and O–H groups in total. The third-order valence-corrected chi connectivity index (χ3v) is 4.53. The molecule has 0 atom stereocenters. The van der Waals surface area contributed by atoms with E-state index in [9.17, 15) is 4.79 Å². The third-order valence-electron chi connectivity index (χ3n) is 4.53. The van der Waals surface area contributed by atoms with Crippen LogP contribution in [0.25, 0.3) is 10.9 Å². The number of amides is 1. The summed E-state index contributed by atoms with van der Waals surface area (Å²) >= 11 is 0. The van der Waals surface area contributed by atoms with E-state index in [4.69, 9.17) is 0 Å². The zero-order chi connectivity index (χ0) is 16.4. The molecule has 0 radical (unpaired) electrons. The Hall–Kier alpha value is -2.82. The summed E-state index contributed by atoms with van der Waals surface area (Å²) in [4.78, 5) is 14.0. The van der Waals surface area contributed by atoms with E-state index in [1.807, 2.05) is 41.4 Å². The van der Waals surface area contributed by atoms with E-state index >= 15 is 0 Å². The molecule has 1 aliphatic rings. The molecule has 5 nitrogen and oxygen atoms in total. The fraction of sp³-hybridized carbons (Fsp3) is 0.263. The Morgan fingerprint density at radius 3 is 3.00 bits per heavy atom. The third kappa shape index (κ3) is 2.85. The van der Waals surface area contributed by atoms with E-state index in [1.165, 1.54) is 5.56 Å². The maximum atomic E-state index is 12.1. The molecule has 4 rings (SSSR count). The smallest absolute Gasteiger partial charge is 0.226 e. The van der Waals surface area contributed by atoms with Gasteiger partial charge in [0.1, 0.15) is 0 Å². The second kappa shape index (κ2) is 6.35. The summed E-state index contributed by atoms with van der Waals surface area (Å²) in [5.41, 5.74) is 4.23. The van der Waals surface area contributed by atoms with Gasteiger partial charge in [-0.3, -0.25) is 9.89 Å². The van der Waals surface area contributed by atoms with E-state index in [0.29, 0.717) is 13.0 Å². The van der Waals surface area contributed by atoms with Crippen LogP contribution in [-0.2, 0) is 11.3 Å². The van der Waals surface area contributed by atoms with E-state index in [0.717, 1.165) is 41.7 Å². The number of nitrogens with zero attached hydrogens (tertiary/aromatic N) is 2. The molecule has 2 heterocycles. The summed E-state index contributed by atoms with van der Waals surface area (Å²) in [6.45, 7) is 1.52. The van der Waals surface area contributed by atoms with Gasteiger partial charge >= 0.3 is 0 Å². The van der Waals surface area contributed by atoms with Gasteiger partial charge in [-0.2, -0.15) is 5.10 Å². The van der Waals surface area contributed by atoms with Crippen molar-refractivity contribution in [3.63, 3.8) is 0 Å². The summed E-state index contributed by atoms with van der Waals surface area (Å²) in [5.74, 6) is 0.223. The summed E-state index contributed by atoms with van der Waals surface area (Å²) < 4.78 is 0. The number of fused-ring (bicyclic) bond motifs is 1. The molecule has 5 heteroatoms. The Labute approximate surface area is 140 Å². The number of anilines is 2. The SMILES string of the molecule is O=C1CCCCN1c1cccc(NCc2cccc3cn[nH]c23)c1. The number of H-pyrrole nitrogens is 1. The molecule has 3 aromatic rings. The number of hydrogen-bond donors (Lipinski definition) is 2. The first-order valence-corrected chi connectivity index (χ1v) is 8.36. The predicted octanol–water partition coefficient (Wildman–Crippen LogP) is 3.69. The minimum atomic E-state index is 0.223. The molecule has 122 valence electrons. The topological polar surface area (TPSA) is 61.0 Å². The van der Waals surface area contributed by atoms with Crippen LogP contribution in [-0.4, -0.2) is 22.6 Å². The van der Waals surface area contributed by atoms with Crippen LogP contribution >= 0.6 is 0 Å². The monoisotopic (exact) mass is 320 g/mol. The molecule has 1 aromatic heterocycles. The first kappa shape index (κ1) is 14.8. The number of piperidine rings is 1. The number of aromatic amines is 1. The van der Waals surface area contributed by atoms with Crippen LogP contribution in [0.15, 0.2) is 48.7 Å². The predicted molar refractivity (Wildman–Crippen MR) is 96.1 cm³/mol. The van der Waals surface area contributed by atoms with Crippen LogP contribution in [0, 0.1) is 0 Å². The average Bonchev–Trinajstić information content (AvgIpc) is 3.10. The number of rotatable bonds is 4. The number of para-hydroxylation sites is 1. The summed E-state index contributed by atoms with van der Waals surface area (Å²) in [5, 5.41) is 11.7. The van der Waals surface area contributed by atoms with Gasteiger partial charge in [0, 0.05) is 36.3 Å². The second-order valence-corrected chi connectivity index (χ2v) is 6.16. The first-order valence-electron chi connectivity index (χ1n) is 8.36. The Bertz CT molecular complexity index is 870. The van der Waals surface area contributed by atoms with E-state index in [-0.39, 0.29) is 5.91 Å². The van der Waals surface area contributed by atoms with Gasteiger partial charge in [0.15, 0.2) is 0 Å². The molecule has 0 aliphatic carbocycles. The van der Waals surface area contributed by atoms with Crippen molar-refractivity contribution in [2.75, 3.05) is 16.8 Å². The van der Waals surface area contributed by atoms with Crippen LogP contribution in [0.3, 0.4) is 0 Å². The lowest BCUT2D eigenvalue weighted by molar-refractivity contribution is -0.119. The average molecular weight is 320 g/mol. The largest absolute Gasteiger partial charge is 0.381 e. The molecular weight excluding hydrogens is 300 g/mol. The summed E-state index contributed by atoms with van der Waals surface area (Å²) in [6, 6.07) is 14.3. The van der Waals surface area contributed by atoms with Crippen LogP contribution in [0.5, 0.6) is 0 Å². The van der Waals surface area contributed by atoms with Crippen molar-refractivity contribution >= 4 is 28.2 Å². The van der Waals surface area contributed by atoms with Gasteiger partial charge in [-0.05, 0) is 36.6 Å². The van der Waals surface area contributed by atoms with Gasteiger partial charge in [-0.1, -0.05) is 24.3 Å². The number of nitrogens with one attached hydrogen (secondary N) is 2. The van der Waals surface area contributed by atoms with Crippen molar-refractivity contribution in [3.05, 3.63) is 54.2 Å². The number of hydrogen-bond acceptors (Lipinski definition) is 3. The highest BCUT2D eigenvalue weighted by atomic mass is 16.2. The summed E-state index contributed by atoms with van der Waals surface area (Å²) in [6.07, 6.45) is 4.56. The van der Waals surface area contributed by atoms with Crippen LogP contribution < -0.4 is 10.2 Å². The van der Waals surface area contributed by atoms with Crippen molar-refractivity contribution < 1.29 is 4.79 Å². The van der Waals surface area contributed by atoms with Gasteiger partial charge in [-0.25, -0.2) is 0 Å². The molecule has 24 heavy (non-hydrogen) atoms. The molecule has 0 spiro atoms. The molecule has 1 amide bonds. The number of carbonyl (C=O) groups is 1. The maximum absolute atomic E-state index is 12.1. The quantitative estimate of drug-likeness (QED) is 0.770. The van der Waals surface area contributed by atoms with Crippen molar-refractivity contribution in [1.82, 2.24) is 10.2 Å². The normalized spacial score (nSPS) is 15.0. The Kier molecular flexibility index (Phi) is 3.91. The lowest BCUT2D eigenvalue weighted by Crippen LogP contribution is -2.35. The minimum absolute atomic E-state index is 0.223. The second-order valence-electron chi connectivity index (χ2n) is 6.16. The van der Waals surface area contributed by atoms with Crippen molar-refractivity contribution in [1.29, 1.82) is 0 Å². The highest BCUT2D eigenvalue weighted by molar-refractivity contribution is 5.94. The number of aromatic nitrogens is 2. The standard InChI is InChI=1S/C19H20N4O/c24-18-9-1-2-10-23(18)17-8-4-7-16(11-17)20-12-14-5-3-6-15-13-21-22-19(14)15/h3-8,11,13,20H,1-2,9-10,12H2,(H,21,22). The van der Waals surface area contributed by atoms with Crippen LogP contribution in [0.2, 0.25) is 0 Å². The van der Waals surface area contributed by atoms with Gasteiger partial charge in [0.25, 0.3) is 0 Å². The zero-order valence-corrected chi connectivity index (χ0v) is 13.5. The van der Waals surface area contributed by atoms with Crippen molar-refractivity contribution in [3.8, 4) is 0 Å². The minimum Gasteiger partial charge on any atom is -0.381 e. The number of benzene rings is 2. The van der Waals surface area contributed by atoms with Crippen LogP contribution in [0.4, 0.5) is 11.4 Å². The molecule has 2 aromatic carbocycles. The maximum Gasteiger partial charge on any atom is 0.226 e. The van der Waals surface area contributed by atoms with Gasteiger partial charge in [0.05, 0.1) is 11.7 Å². The first-order chi connectivity index (χ1) is 11.8. The molecule has 1 aliphatic heterocycles. The molecule has 0 saturated carbocycles. The molecular formula is C19H20N4O. The lowest BCUT2D eigenvalue weighted by Gasteiger charge is -2.27. The van der Waals surface area contributed by atoms with Gasteiger partial charge < -0.3 is 10.2 Å². The van der Waals surface area contributed by atoms with E-state index < -0.39 is 0 Å². The van der Waals surface area contributed by atoms with Gasteiger partial charge in [0.2, 0.25) is 5.91 Å². The van der Waals surface area contributed by atoms with E-state index in [2.05, 4.69) is 27.6 Å². The molecule has 0 bridgehead atoms. The van der Waals surface area contributed by atoms with Gasteiger partial charge in [-0.15, -0.1) is 0 Å². The van der Waals surface area contributed by atoms with Crippen LogP contribution in [0.1, 0.15) is 24.8 Å². The fourth-order valence-corrected chi connectivity index (χ4v) is 3.24. The molecule has 1 fully saturated rings. The van der Waals surface area contributed by atoms with Crippen molar-refractivity contribution in [2.45, 2.75) is 25.8 Å². The number of carbonyl (C=O) groups excluding carboxylic acids is 1. The highest BCUT2D eigenvalue weighted by Crippen LogP contribution is 2.24. The molecule has 1 saturated heterocycles. The Morgan fingerprint density at radius 2 is 2.08 bits per heavy atom. The van der Waals surface area contributed by atoms with Crippen molar-refractivity contribution in [2.24, 2.45) is 0 Å².